The van der Waals surface area contributed by atoms with Gasteiger partial charge in [0.1, 0.15) is 12.1 Å². The number of thioether (sulfide) groups is 1. The molecule has 1 aromatic rings. The Balaban J connectivity index is 1.36. The number of hydrogen-bond acceptors (Lipinski definition) is 8. The highest BCUT2D eigenvalue weighted by atomic mass is 32.2. The van der Waals surface area contributed by atoms with Crippen LogP contribution in [0.4, 0.5) is 0 Å². The van der Waals surface area contributed by atoms with E-state index in [0.29, 0.717) is 18.4 Å². The van der Waals surface area contributed by atoms with Crippen LogP contribution in [0.3, 0.4) is 0 Å². The van der Waals surface area contributed by atoms with E-state index in [1.54, 1.807) is 0 Å². The molecule has 0 bridgehead atoms. The van der Waals surface area contributed by atoms with Crippen LogP contribution in [0.15, 0.2) is 30.3 Å². The van der Waals surface area contributed by atoms with Gasteiger partial charge in [-0.05, 0) is 71.8 Å². The fourth-order valence-electron chi connectivity index (χ4n) is 7.20. The number of hydrogen-bond donors (Lipinski definition) is 6. The number of nitrogens with zero attached hydrogens (tertiary/aromatic N) is 1. The van der Waals surface area contributed by atoms with Gasteiger partial charge < -0.3 is 26.4 Å². The van der Waals surface area contributed by atoms with E-state index < -0.39 is 28.3 Å². The van der Waals surface area contributed by atoms with E-state index in [4.69, 9.17) is 0 Å². The third-order valence-electron chi connectivity index (χ3n) is 9.44. The van der Waals surface area contributed by atoms with Crippen molar-refractivity contribution in [2.75, 3.05) is 26.2 Å². The van der Waals surface area contributed by atoms with Crippen LogP contribution in [-0.4, -0.2) is 99.7 Å². The Kier molecular flexibility index (Phi) is 12.8. The maximum atomic E-state index is 13.5. The van der Waals surface area contributed by atoms with Gasteiger partial charge in [0.15, 0.2) is 0 Å². The minimum absolute atomic E-state index is 0.00439. The summed E-state index contributed by atoms with van der Waals surface area (Å²) in [5.74, 6) is 0.152. The summed E-state index contributed by atoms with van der Waals surface area (Å²) in [7, 11) is 0. The van der Waals surface area contributed by atoms with Gasteiger partial charge in [0.2, 0.25) is 23.6 Å². The highest BCUT2D eigenvalue weighted by molar-refractivity contribution is 8.01. The molecule has 4 rings (SSSR count). The Bertz CT molecular complexity index is 1240. The molecule has 2 aliphatic heterocycles. The van der Waals surface area contributed by atoms with Crippen LogP contribution in [0.25, 0.3) is 0 Å². The highest BCUT2D eigenvalue weighted by Gasteiger charge is 2.49. The van der Waals surface area contributed by atoms with Gasteiger partial charge in [-0.2, -0.15) is 0 Å². The van der Waals surface area contributed by atoms with Crippen LogP contribution < -0.4 is 26.6 Å². The number of likely N-dealkylation sites (N-methyl/N-ethyl adjacent to an activating group) is 1. The number of amides is 4. The van der Waals surface area contributed by atoms with Gasteiger partial charge in [0, 0.05) is 36.5 Å². The molecule has 1 aromatic carbocycles. The van der Waals surface area contributed by atoms with Gasteiger partial charge in [0.05, 0.1) is 23.9 Å². The molecule has 6 N–H and O–H groups in total. The lowest BCUT2D eigenvalue weighted by Crippen LogP contribution is -2.60. The normalized spacial score (nSPS) is 27.2. The van der Waals surface area contributed by atoms with Crippen LogP contribution in [0, 0.1) is 11.8 Å². The molecule has 0 aromatic heterocycles. The molecule has 4 amide bonds. The number of nitrogens with one attached hydrogen (secondary N) is 5. The van der Waals surface area contributed by atoms with E-state index >= 15 is 0 Å². The van der Waals surface area contributed by atoms with Crippen molar-refractivity contribution in [1.29, 1.82) is 0 Å². The zero-order chi connectivity index (χ0) is 34.4. The summed E-state index contributed by atoms with van der Waals surface area (Å²) in [6, 6.07) is 7.46. The summed E-state index contributed by atoms with van der Waals surface area (Å²) >= 11 is 1.43. The number of piperidine rings is 1. The summed E-state index contributed by atoms with van der Waals surface area (Å²) in [6.07, 6.45) is 4.77. The molecule has 12 heteroatoms. The Hall–Kier alpha value is -2.67. The lowest BCUT2D eigenvalue weighted by molar-refractivity contribution is -0.133. The largest absolute Gasteiger partial charge is 0.390 e. The highest BCUT2D eigenvalue weighted by Crippen LogP contribution is 2.40. The van der Waals surface area contributed by atoms with Crippen molar-refractivity contribution in [1.82, 2.24) is 31.5 Å². The molecule has 11 nitrogen and oxygen atoms in total. The summed E-state index contributed by atoms with van der Waals surface area (Å²) in [4.78, 5) is 55.1. The number of rotatable bonds is 12. The number of β-amino-alcohol motifs (C(OH)–C–C–N with tert-alkyl or cyclic N) is 1. The monoisotopic (exact) mass is 672 g/mol. The number of fused-ring (bicyclic) bond motifs is 1. The Morgan fingerprint density at radius 3 is 2.38 bits per heavy atom. The first-order valence-corrected chi connectivity index (χ1v) is 18.1. The van der Waals surface area contributed by atoms with Crippen LogP contribution in [0.1, 0.15) is 79.2 Å². The first-order chi connectivity index (χ1) is 22.2. The van der Waals surface area contributed by atoms with Gasteiger partial charge in [-0.3, -0.25) is 29.4 Å². The van der Waals surface area contributed by atoms with Crippen LogP contribution in [-0.2, 0) is 25.6 Å². The molecule has 47 heavy (non-hydrogen) atoms. The molecule has 0 spiro atoms. The Labute approximate surface area is 284 Å². The number of aliphatic hydroxyl groups is 1. The molecule has 1 aliphatic carbocycles. The van der Waals surface area contributed by atoms with Gasteiger partial charge in [-0.15, -0.1) is 11.8 Å². The summed E-state index contributed by atoms with van der Waals surface area (Å²) in [5.41, 5.74) is 0.489. The number of benzene rings is 1. The van der Waals surface area contributed by atoms with Crippen LogP contribution in [0.5, 0.6) is 0 Å². The lowest BCUT2D eigenvalue weighted by atomic mass is 9.72. The predicted molar refractivity (Wildman–Crippen MR) is 185 cm³/mol. The predicted octanol–water partition coefficient (Wildman–Crippen LogP) is 1.93. The third kappa shape index (κ3) is 10.4. The maximum absolute atomic E-state index is 13.5. The quantitative estimate of drug-likeness (QED) is 0.197. The van der Waals surface area contributed by atoms with Crippen molar-refractivity contribution in [3.8, 4) is 0 Å². The zero-order valence-corrected chi connectivity index (χ0v) is 29.8. The summed E-state index contributed by atoms with van der Waals surface area (Å²) in [5, 5.41) is 25.6. The molecule has 3 aliphatic rings. The van der Waals surface area contributed by atoms with Gasteiger partial charge in [-0.25, -0.2) is 0 Å². The second kappa shape index (κ2) is 16.2. The molecule has 7 atom stereocenters. The van der Waals surface area contributed by atoms with E-state index in [0.717, 1.165) is 31.4 Å². The molecular weight excluding hydrogens is 616 g/mol. The molecule has 6 unspecified atom stereocenters. The summed E-state index contributed by atoms with van der Waals surface area (Å²) in [6.45, 7) is 13.1. The van der Waals surface area contributed by atoms with Crippen molar-refractivity contribution < 1.29 is 24.3 Å². The molecule has 0 radical (unpaired) electrons. The minimum Gasteiger partial charge on any atom is -0.390 e. The molecule has 3 fully saturated rings. The fourth-order valence-corrected chi connectivity index (χ4v) is 8.70. The van der Waals surface area contributed by atoms with Crippen molar-refractivity contribution in [2.45, 2.75) is 120 Å². The standard InChI is InChI=1S/C35H56N6O5S/c1-7-36-31(45)28(38-27(43)17-22-13-9-8-10-14-22)33-39-29(35(5,6)47-33)32(46)37-19-25(42)21-41-20-24-16-12-11-15-23(24)18-26(41)30(44)40-34(2,3)4/h8-10,13-14,23-26,28-29,33,39,42H,7,11-12,15-21H2,1-6H3,(H,36,45)(H,37,46)(H,38,43)(H,40,44)/t23?,24?,25?,26?,28?,29?,33-/m1/s1. The van der Waals surface area contributed by atoms with Gasteiger partial charge >= 0.3 is 0 Å². The van der Waals surface area contributed by atoms with E-state index in [1.807, 2.05) is 71.9 Å². The van der Waals surface area contributed by atoms with Gasteiger partial charge in [0.25, 0.3) is 0 Å². The van der Waals surface area contributed by atoms with Crippen LogP contribution in [0.2, 0.25) is 0 Å². The van der Waals surface area contributed by atoms with Crippen LogP contribution >= 0.6 is 11.8 Å². The SMILES string of the molecule is CCNC(=O)C(NC(=O)Cc1ccccc1)[C@@H]1NC(C(=O)NCC(O)CN2CC3CCCCC3CC2C(=O)NC(C)(C)C)C(C)(C)S1. The zero-order valence-electron chi connectivity index (χ0n) is 28.9. The molecule has 2 heterocycles. The lowest BCUT2D eigenvalue weighted by Gasteiger charge is -2.46. The molecule has 262 valence electrons. The minimum atomic E-state index is -0.891. The first-order valence-electron chi connectivity index (χ1n) is 17.2. The number of carbonyl (C=O) groups is 4. The van der Waals surface area contributed by atoms with Crippen molar-refractivity contribution in [3.63, 3.8) is 0 Å². The first kappa shape index (κ1) is 37.2. The van der Waals surface area contributed by atoms with Crippen molar-refractivity contribution >= 4 is 35.4 Å². The average molecular weight is 673 g/mol. The molecule has 1 saturated carbocycles. The van der Waals surface area contributed by atoms with Crippen molar-refractivity contribution in [3.05, 3.63) is 35.9 Å². The summed E-state index contributed by atoms with van der Waals surface area (Å²) < 4.78 is -0.604. The second-order valence-corrected chi connectivity index (χ2v) is 16.8. The number of aliphatic hydroxyl groups excluding tert-OH is 1. The molecular formula is C35H56N6O5S. The van der Waals surface area contributed by atoms with E-state index in [9.17, 15) is 24.3 Å². The van der Waals surface area contributed by atoms with E-state index in [2.05, 4.69) is 31.5 Å². The topological polar surface area (TPSA) is 152 Å². The van der Waals surface area contributed by atoms with E-state index in [-0.39, 0.29) is 54.7 Å². The van der Waals surface area contributed by atoms with Crippen molar-refractivity contribution in [2.24, 2.45) is 11.8 Å². The second-order valence-electron chi connectivity index (χ2n) is 15.0. The third-order valence-corrected chi connectivity index (χ3v) is 10.9. The number of carbonyl (C=O) groups excluding carboxylic acids is 4. The van der Waals surface area contributed by atoms with Gasteiger partial charge in [-0.1, -0.05) is 49.6 Å². The van der Waals surface area contributed by atoms with E-state index in [1.165, 1.54) is 24.6 Å². The smallest absolute Gasteiger partial charge is 0.245 e. The molecule has 2 saturated heterocycles. The Morgan fingerprint density at radius 1 is 1.04 bits per heavy atom. The number of likely N-dealkylation sites (tertiary alicyclic amines) is 1. The maximum Gasteiger partial charge on any atom is 0.245 e. The fraction of sp³-hybridized carbons (Fsp3) is 0.714. The Morgan fingerprint density at radius 2 is 1.72 bits per heavy atom. The average Bonchev–Trinajstić information content (AvgIpc) is 3.32.